The van der Waals surface area contributed by atoms with Crippen LogP contribution in [0.3, 0.4) is 0 Å². The Kier molecular flexibility index (Phi) is 7.05. The van der Waals surface area contributed by atoms with Crippen LogP contribution in [-0.2, 0) is 4.84 Å². The van der Waals surface area contributed by atoms with Gasteiger partial charge in [0, 0.05) is 6.54 Å². The maximum absolute atomic E-state index is 4.93. The normalized spacial score (nSPS) is 8.89. The molecule has 0 spiro atoms. The summed E-state index contributed by atoms with van der Waals surface area (Å²) in [5.74, 6) is 2.36. The minimum Gasteiger partial charge on any atom is -0.289 e. The molecule has 0 aromatic heterocycles. The van der Waals surface area contributed by atoms with Gasteiger partial charge >= 0.3 is 0 Å². The number of rotatable bonds is 5. The monoisotopic (exact) mass is 127 g/mol. The minimum atomic E-state index is 0.351. The van der Waals surface area contributed by atoms with Crippen molar-refractivity contribution >= 4 is 0 Å². The molecule has 0 aliphatic carbocycles. The van der Waals surface area contributed by atoms with Crippen molar-refractivity contribution in [2.24, 2.45) is 0 Å². The maximum atomic E-state index is 4.93. The van der Waals surface area contributed by atoms with E-state index < -0.39 is 0 Å². The molecule has 0 bridgehead atoms. The van der Waals surface area contributed by atoms with Crippen molar-refractivity contribution < 1.29 is 4.84 Å². The van der Waals surface area contributed by atoms with Gasteiger partial charge in [0.25, 0.3) is 0 Å². The number of terminal acetylenes is 1. The van der Waals surface area contributed by atoms with Crippen LogP contribution in [0.1, 0.15) is 19.8 Å². The Morgan fingerprint density at radius 1 is 1.67 bits per heavy atom. The number of hydrogen-bond donors (Lipinski definition) is 1. The van der Waals surface area contributed by atoms with E-state index >= 15 is 0 Å². The lowest BCUT2D eigenvalue weighted by Crippen LogP contribution is -2.15. The summed E-state index contributed by atoms with van der Waals surface area (Å²) in [6.07, 6.45) is 7.23. The lowest BCUT2D eigenvalue weighted by Gasteiger charge is -1.99. The van der Waals surface area contributed by atoms with Crippen molar-refractivity contribution in [2.75, 3.05) is 13.2 Å². The summed E-state index contributed by atoms with van der Waals surface area (Å²) in [4.78, 5) is 4.80. The van der Waals surface area contributed by atoms with E-state index in [1.54, 1.807) is 0 Å². The fourth-order valence-corrected chi connectivity index (χ4v) is 0.414. The predicted octanol–water partition coefficient (Wildman–Crippen LogP) is 0.941. The van der Waals surface area contributed by atoms with Gasteiger partial charge in [0.15, 0.2) is 0 Å². The van der Waals surface area contributed by atoms with E-state index in [-0.39, 0.29) is 0 Å². The first-order valence-electron chi connectivity index (χ1n) is 3.20. The third kappa shape index (κ3) is 7.48. The van der Waals surface area contributed by atoms with Crippen LogP contribution in [0.2, 0.25) is 0 Å². The van der Waals surface area contributed by atoms with Gasteiger partial charge < -0.3 is 0 Å². The highest BCUT2D eigenvalue weighted by Crippen LogP contribution is 1.81. The van der Waals surface area contributed by atoms with Gasteiger partial charge in [-0.2, -0.15) is 0 Å². The van der Waals surface area contributed by atoms with Gasteiger partial charge in [-0.1, -0.05) is 19.3 Å². The average molecular weight is 127 g/mol. The van der Waals surface area contributed by atoms with Crippen molar-refractivity contribution in [3.63, 3.8) is 0 Å². The molecule has 52 valence electrons. The molecule has 0 saturated heterocycles. The Morgan fingerprint density at radius 2 is 2.44 bits per heavy atom. The molecule has 0 saturated carbocycles. The second-order valence-corrected chi connectivity index (χ2v) is 1.74. The predicted molar refractivity (Wildman–Crippen MR) is 37.7 cm³/mol. The molecule has 0 radical (unpaired) electrons. The summed E-state index contributed by atoms with van der Waals surface area (Å²) in [7, 11) is 0. The number of unbranched alkanes of at least 4 members (excludes halogenated alkanes) is 1. The highest BCUT2D eigenvalue weighted by Gasteiger charge is 1.81. The van der Waals surface area contributed by atoms with Gasteiger partial charge in [0.2, 0.25) is 0 Å². The van der Waals surface area contributed by atoms with Crippen LogP contribution in [0.15, 0.2) is 0 Å². The third-order valence-electron chi connectivity index (χ3n) is 0.890. The Hall–Kier alpha value is -0.520. The first-order chi connectivity index (χ1) is 4.41. The average Bonchev–Trinajstić information content (AvgIpc) is 1.89. The fraction of sp³-hybridized carbons (Fsp3) is 0.714. The quantitative estimate of drug-likeness (QED) is 0.337. The zero-order valence-corrected chi connectivity index (χ0v) is 5.81. The van der Waals surface area contributed by atoms with Crippen molar-refractivity contribution in [2.45, 2.75) is 19.8 Å². The Balaban J connectivity index is 2.69. The molecule has 0 rings (SSSR count). The lowest BCUT2D eigenvalue weighted by atomic mass is 10.3. The van der Waals surface area contributed by atoms with E-state index in [1.807, 2.05) is 0 Å². The summed E-state index contributed by atoms with van der Waals surface area (Å²) in [6.45, 7) is 3.37. The molecule has 2 nitrogen and oxygen atoms in total. The Bertz CT molecular complexity index is 85.4. The van der Waals surface area contributed by atoms with Gasteiger partial charge in [-0.3, -0.25) is 4.84 Å². The van der Waals surface area contributed by atoms with Crippen LogP contribution in [-0.4, -0.2) is 13.2 Å². The van der Waals surface area contributed by atoms with Gasteiger partial charge in [0.1, 0.15) is 6.61 Å². The SMILES string of the molecule is C#CCONCCCC. The molecule has 0 atom stereocenters. The van der Waals surface area contributed by atoms with E-state index in [2.05, 4.69) is 18.3 Å². The second-order valence-electron chi connectivity index (χ2n) is 1.74. The van der Waals surface area contributed by atoms with Crippen molar-refractivity contribution in [3.05, 3.63) is 0 Å². The molecule has 2 heteroatoms. The minimum absolute atomic E-state index is 0.351. The summed E-state index contributed by atoms with van der Waals surface area (Å²) in [5, 5.41) is 0. The van der Waals surface area contributed by atoms with Gasteiger partial charge in [-0.05, 0) is 6.42 Å². The second kappa shape index (κ2) is 7.48. The molecule has 0 aromatic rings. The zero-order chi connectivity index (χ0) is 6.95. The fourth-order valence-electron chi connectivity index (χ4n) is 0.414. The van der Waals surface area contributed by atoms with E-state index in [0.717, 1.165) is 13.0 Å². The van der Waals surface area contributed by atoms with Crippen molar-refractivity contribution in [1.82, 2.24) is 5.48 Å². The number of nitrogens with one attached hydrogen (secondary N) is 1. The third-order valence-corrected chi connectivity index (χ3v) is 0.890. The molecule has 9 heavy (non-hydrogen) atoms. The summed E-state index contributed by atoms with van der Waals surface area (Å²) in [6, 6.07) is 0. The highest BCUT2D eigenvalue weighted by molar-refractivity contribution is 4.82. The molecule has 0 unspecified atom stereocenters. The van der Waals surface area contributed by atoms with Crippen LogP contribution in [0.25, 0.3) is 0 Å². The molecule has 0 heterocycles. The van der Waals surface area contributed by atoms with Crippen LogP contribution < -0.4 is 5.48 Å². The van der Waals surface area contributed by atoms with Crippen LogP contribution in [0, 0.1) is 12.3 Å². The van der Waals surface area contributed by atoms with E-state index in [4.69, 9.17) is 11.3 Å². The maximum Gasteiger partial charge on any atom is 0.128 e. The number of hydrogen-bond acceptors (Lipinski definition) is 2. The smallest absolute Gasteiger partial charge is 0.128 e. The zero-order valence-electron chi connectivity index (χ0n) is 5.81. The Labute approximate surface area is 56.5 Å². The molecule has 0 aromatic carbocycles. The summed E-state index contributed by atoms with van der Waals surface area (Å²) < 4.78 is 0. The molecule has 1 N–H and O–H groups in total. The van der Waals surface area contributed by atoms with Crippen LogP contribution >= 0.6 is 0 Å². The standard InChI is InChI=1S/C7H13NO/c1-3-5-6-8-9-7-4-2/h2,8H,3,5-7H2,1H3. The highest BCUT2D eigenvalue weighted by atomic mass is 16.6. The molecule has 0 aliphatic heterocycles. The van der Waals surface area contributed by atoms with Crippen molar-refractivity contribution in [3.8, 4) is 12.3 Å². The first-order valence-corrected chi connectivity index (χ1v) is 3.20. The molecular weight excluding hydrogens is 114 g/mol. The van der Waals surface area contributed by atoms with Gasteiger partial charge in [-0.15, -0.1) is 6.42 Å². The van der Waals surface area contributed by atoms with E-state index in [1.165, 1.54) is 6.42 Å². The van der Waals surface area contributed by atoms with E-state index in [0.29, 0.717) is 6.61 Å². The van der Waals surface area contributed by atoms with Crippen LogP contribution in [0.5, 0.6) is 0 Å². The van der Waals surface area contributed by atoms with E-state index in [9.17, 15) is 0 Å². The van der Waals surface area contributed by atoms with Gasteiger partial charge in [0.05, 0.1) is 0 Å². The molecule has 0 amide bonds. The molecule has 0 aliphatic rings. The largest absolute Gasteiger partial charge is 0.289 e. The molecule has 0 fully saturated rings. The van der Waals surface area contributed by atoms with Crippen molar-refractivity contribution in [1.29, 1.82) is 0 Å². The Morgan fingerprint density at radius 3 is 3.00 bits per heavy atom. The summed E-state index contributed by atoms with van der Waals surface area (Å²) in [5.41, 5.74) is 2.74. The lowest BCUT2D eigenvalue weighted by molar-refractivity contribution is 0.0656. The summed E-state index contributed by atoms with van der Waals surface area (Å²) >= 11 is 0. The molecular formula is C7H13NO. The number of hydroxylamine groups is 1. The van der Waals surface area contributed by atoms with Gasteiger partial charge in [-0.25, -0.2) is 5.48 Å². The first kappa shape index (κ1) is 8.48. The topological polar surface area (TPSA) is 21.3 Å². The van der Waals surface area contributed by atoms with Crippen LogP contribution in [0.4, 0.5) is 0 Å².